The number of carboxylic acids is 1. The van der Waals surface area contributed by atoms with Gasteiger partial charge in [0.15, 0.2) is 0 Å². The predicted octanol–water partition coefficient (Wildman–Crippen LogP) is 4.40. The van der Waals surface area contributed by atoms with Gasteiger partial charge in [-0.2, -0.15) is 0 Å². The first-order valence-corrected chi connectivity index (χ1v) is 7.28. The van der Waals surface area contributed by atoms with Gasteiger partial charge in [0.1, 0.15) is 6.61 Å². The average Bonchev–Trinajstić information content (AvgIpc) is 2.51. The summed E-state index contributed by atoms with van der Waals surface area (Å²) in [6, 6.07) is 10.8. The molecule has 0 radical (unpaired) electrons. The largest absolute Gasteiger partial charge is 0.478 e. The number of rotatable bonds is 4. The molecule has 0 fully saturated rings. The van der Waals surface area contributed by atoms with E-state index in [2.05, 4.69) is 5.32 Å². The van der Waals surface area contributed by atoms with Crippen LogP contribution in [0.2, 0.25) is 5.02 Å². The van der Waals surface area contributed by atoms with E-state index in [0.29, 0.717) is 16.1 Å². The molecular formula is C17H16ClNO4. The van der Waals surface area contributed by atoms with E-state index >= 15 is 0 Å². The monoisotopic (exact) mass is 333 g/mol. The summed E-state index contributed by atoms with van der Waals surface area (Å²) in [5.74, 6) is -1.16. The Morgan fingerprint density at radius 2 is 1.87 bits per heavy atom. The van der Waals surface area contributed by atoms with Gasteiger partial charge in [-0.25, -0.2) is 9.59 Å². The highest BCUT2D eigenvalue weighted by Gasteiger charge is 2.20. The minimum Gasteiger partial charge on any atom is -0.478 e. The van der Waals surface area contributed by atoms with Gasteiger partial charge in [0.2, 0.25) is 0 Å². The molecule has 0 bridgehead atoms. The third-order valence-electron chi connectivity index (χ3n) is 3.37. The number of carboxylic acid groups (broad SMARTS) is 1. The fourth-order valence-electron chi connectivity index (χ4n) is 2.16. The number of benzene rings is 2. The van der Waals surface area contributed by atoms with E-state index in [1.807, 2.05) is 30.3 Å². The number of hydrogen-bond acceptors (Lipinski definition) is 3. The molecule has 0 aliphatic carbocycles. The highest BCUT2D eigenvalue weighted by molar-refractivity contribution is 6.32. The molecule has 0 aliphatic rings. The Morgan fingerprint density at radius 1 is 1.22 bits per heavy atom. The topological polar surface area (TPSA) is 75.6 Å². The summed E-state index contributed by atoms with van der Waals surface area (Å²) in [4.78, 5) is 23.4. The SMILES string of the molecule is Cc1cc(Cl)c(C)c(C(=O)O)c1NC(=O)OCc1ccccc1. The van der Waals surface area contributed by atoms with Gasteiger partial charge < -0.3 is 9.84 Å². The van der Waals surface area contributed by atoms with Crippen molar-refractivity contribution in [3.05, 3.63) is 63.7 Å². The molecular weight excluding hydrogens is 318 g/mol. The molecule has 0 spiro atoms. The fourth-order valence-corrected chi connectivity index (χ4v) is 2.42. The molecule has 0 atom stereocenters. The van der Waals surface area contributed by atoms with Gasteiger partial charge in [-0.15, -0.1) is 0 Å². The average molecular weight is 334 g/mol. The number of halogens is 1. The highest BCUT2D eigenvalue weighted by atomic mass is 35.5. The second-order valence-corrected chi connectivity index (χ2v) is 5.45. The summed E-state index contributed by atoms with van der Waals surface area (Å²) >= 11 is 6.01. The molecule has 0 aromatic heterocycles. The summed E-state index contributed by atoms with van der Waals surface area (Å²) < 4.78 is 5.12. The van der Waals surface area contributed by atoms with Gasteiger partial charge >= 0.3 is 12.1 Å². The van der Waals surface area contributed by atoms with E-state index in [0.717, 1.165) is 5.56 Å². The zero-order valence-corrected chi connectivity index (χ0v) is 13.5. The molecule has 2 aromatic carbocycles. The molecule has 0 saturated carbocycles. The van der Waals surface area contributed by atoms with Crippen LogP contribution in [0.1, 0.15) is 27.0 Å². The van der Waals surface area contributed by atoms with Crippen LogP contribution in [0, 0.1) is 13.8 Å². The second kappa shape index (κ2) is 7.15. The number of aryl methyl sites for hydroxylation is 1. The number of carbonyl (C=O) groups is 2. The van der Waals surface area contributed by atoms with Crippen molar-refractivity contribution < 1.29 is 19.4 Å². The van der Waals surface area contributed by atoms with Crippen LogP contribution in [-0.4, -0.2) is 17.2 Å². The summed E-state index contributed by atoms with van der Waals surface area (Å²) in [5, 5.41) is 12.2. The molecule has 0 heterocycles. The van der Waals surface area contributed by atoms with E-state index < -0.39 is 12.1 Å². The predicted molar refractivity (Wildman–Crippen MR) is 88.1 cm³/mol. The Kier molecular flexibility index (Phi) is 5.24. The zero-order valence-electron chi connectivity index (χ0n) is 12.7. The van der Waals surface area contributed by atoms with Crippen molar-refractivity contribution in [1.82, 2.24) is 0 Å². The Morgan fingerprint density at radius 3 is 2.48 bits per heavy atom. The van der Waals surface area contributed by atoms with Crippen LogP contribution >= 0.6 is 11.6 Å². The van der Waals surface area contributed by atoms with E-state index in [1.54, 1.807) is 19.9 Å². The Bertz CT molecular complexity index is 744. The van der Waals surface area contributed by atoms with Crippen LogP contribution in [-0.2, 0) is 11.3 Å². The Labute approximate surface area is 138 Å². The maximum Gasteiger partial charge on any atom is 0.411 e. The summed E-state index contributed by atoms with van der Waals surface area (Å²) in [5.41, 5.74) is 1.94. The number of aromatic carboxylic acids is 1. The summed E-state index contributed by atoms with van der Waals surface area (Å²) in [6.45, 7) is 3.36. The van der Waals surface area contributed by atoms with E-state index in [-0.39, 0.29) is 17.9 Å². The molecule has 6 heteroatoms. The van der Waals surface area contributed by atoms with Gasteiger partial charge in [0.05, 0.1) is 11.3 Å². The van der Waals surface area contributed by atoms with Crippen molar-refractivity contribution in [1.29, 1.82) is 0 Å². The van der Waals surface area contributed by atoms with Crippen LogP contribution in [0.15, 0.2) is 36.4 Å². The van der Waals surface area contributed by atoms with Crippen molar-refractivity contribution in [3.63, 3.8) is 0 Å². The molecule has 120 valence electrons. The first-order valence-electron chi connectivity index (χ1n) is 6.91. The van der Waals surface area contributed by atoms with E-state index in [4.69, 9.17) is 16.3 Å². The molecule has 2 rings (SSSR count). The molecule has 1 amide bonds. The molecule has 0 saturated heterocycles. The first-order chi connectivity index (χ1) is 10.9. The van der Waals surface area contributed by atoms with Crippen molar-refractivity contribution in [2.45, 2.75) is 20.5 Å². The Hall–Kier alpha value is -2.53. The minimum absolute atomic E-state index is 0.0355. The van der Waals surface area contributed by atoms with Crippen LogP contribution < -0.4 is 5.32 Å². The maximum absolute atomic E-state index is 11.9. The lowest BCUT2D eigenvalue weighted by Gasteiger charge is -2.15. The lowest BCUT2D eigenvalue weighted by molar-refractivity contribution is 0.0697. The quantitative estimate of drug-likeness (QED) is 0.869. The standard InChI is InChI=1S/C17H16ClNO4/c1-10-8-13(18)11(2)14(16(20)21)15(10)19-17(22)23-9-12-6-4-3-5-7-12/h3-8H,9H2,1-2H3,(H,19,22)(H,20,21). The van der Waals surface area contributed by atoms with Crippen LogP contribution in [0.5, 0.6) is 0 Å². The van der Waals surface area contributed by atoms with Gasteiger partial charge in [-0.3, -0.25) is 5.32 Å². The minimum atomic E-state index is -1.16. The summed E-state index contributed by atoms with van der Waals surface area (Å²) in [6.07, 6.45) is -0.721. The van der Waals surface area contributed by atoms with Gasteiger partial charge in [0.25, 0.3) is 0 Å². The van der Waals surface area contributed by atoms with Crippen molar-refractivity contribution >= 4 is 29.4 Å². The molecule has 0 unspecified atom stereocenters. The first kappa shape index (κ1) is 16.8. The van der Waals surface area contributed by atoms with Crippen molar-refractivity contribution in [3.8, 4) is 0 Å². The third kappa shape index (κ3) is 4.02. The number of nitrogens with one attached hydrogen (secondary N) is 1. The maximum atomic E-state index is 11.9. The third-order valence-corrected chi connectivity index (χ3v) is 3.77. The van der Waals surface area contributed by atoms with Crippen LogP contribution in [0.4, 0.5) is 10.5 Å². The van der Waals surface area contributed by atoms with Crippen molar-refractivity contribution in [2.75, 3.05) is 5.32 Å². The molecule has 5 nitrogen and oxygen atoms in total. The molecule has 2 aromatic rings. The Balaban J connectivity index is 2.18. The number of amides is 1. The fraction of sp³-hybridized carbons (Fsp3) is 0.176. The highest BCUT2D eigenvalue weighted by Crippen LogP contribution is 2.30. The molecule has 23 heavy (non-hydrogen) atoms. The van der Waals surface area contributed by atoms with Gasteiger partial charge in [0, 0.05) is 5.02 Å². The van der Waals surface area contributed by atoms with Crippen molar-refractivity contribution in [2.24, 2.45) is 0 Å². The number of ether oxygens (including phenoxy) is 1. The smallest absolute Gasteiger partial charge is 0.411 e. The summed E-state index contributed by atoms with van der Waals surface area (Å²) in [7, 11) is 0. The zero-order chi connectivity index (χ0) is 17.0. The number of anilines is 1. The van der Waals surface area contributed by atoms with Crippen LogP contribution in [0.25, 0.3) is 0 Å². The van der Waals surface area contributed by atoms with Gasteiger partial charge in [-0.05, 0) is 36.6 Å². The second-order valence-electron chi connectivity index (χ2n) is 5.04. The van der Waals surface area contributed by atoms with E-state index in [1.165, 1.54) is 0 Å². The normalized spacial score (nSPS) is 10.2. The van der Waals surface area contributed by atoms with E-state index in [9.17, 15) is 14.7 Å². The molecule has 2 N–H and O–H groups in total. The van der Waals surface area contributed by atoms with Gasteiger partial charge in [-0.1, -0.05) is 41.9 Å². The lowest BCUT2D eigenvalue weighted by atomic mass is 10.0. The molecule has 0 aliphatic heterocycles. The number of hydrogen-bond donors (Lipinski definition) is 2. The van der Waals surface area contributed by atoms with Crippen LogP contribution in [0.3, 0.4) is 0 Å². The number of carbonyl (C=O) groups excluding carboxylic acids is 1. The lowest BCUT2D eigenvalue weighted by Crippen LogP contribution is -2.18.